The van der Waals surface area contributed by atoms with Crippen molar-refractivity contribution in [1.29, 1.82) is 0 Å². The number of carbonyl (C=O) groups excluding carboxylic acids is 1. The highest BCUT2D eigenvalue weighted by atomic mass is 32.2. The Bertz CT molecular complexity index is 1470. The third-order valence-corrected chi connectivity index (χ3v) is 6.82. The van der Waals surface area contributed by atoms with Crippen LogP contribution in [0.5, 0.6) is 0 Å². The number of nitrogens with zero attached hydrogens (tertiary/aromatic N) is 4. The molecule has 0 spiro atoms. The van der Waals surface area contributed by atoms with E-state index in [1.165, 1.54) is 53.0 Å². The monoisotopic (exact) mass is 452 g/mol. The molecule has 4 rings (SSSR count). The highest BCUT2D eigenvalue weighted by Crippen LogP contribution is 2.23. The van der Waals surface area contributed by atoms with Crippen molar-refractivity contribution in [2.75, 3.05) is 7.11 Å². The fourth-order valence-electron chi connectivity index (χ4n) is 3.32. The van der Waals surface area contributed by atoms with Crippen molar-refractivity contribution in [2.45, 2.75) is 29.8 Å². The van der Waals surface area contributed by atoms with Gasteiger partial charge in [0.25, 0.3) is 5.56 Å². The third-order valence-electron chi connectivity index (χ3n) is 5.05. The normalized spacial score (nSPS) is 11.6. The number of fused-ring (bicyclic) bond motifs is 1. The number of sulfone groups is 1. The molecule has 4 aromatic rings. The number of carbonyl (C=O) groups is 1. The maximum Gasteiger partial charge on any atom is 0.327 e. The Morgan fingerprint density at radius 3 is 2.56 bits per heavy atom. The molecule has 0 bridgehead atoms. The smallest absolute Gasteiger partial charge is 0.327 e. The van der Waals surface area contributed by atoms with E-state index in [4.69, 9.17) is 0 Å². The number of methoxy groups -OCH3 is 1. The molecule has 32 heavy (non-hydrogen) atoms. The summed E-state index contributed by atoms with van der Waals surface area (Å²) in [4.78, 5) is 24.7. The first-order valence-corrected chi connectivity index (χ1v) is 11.2. The molecule has 0 saturated carbocycles. The van der Waals surface area contributed by atoms with Crippen LogP contribution in [0.25, 0.3) is 10.8 Å². The van der Waals surface area contributed by atoms with E-state index in [0.717, 1.165) is 5.56 Å². The van der Waals surface area contributed by atoms with Crippen molar-refractivity contribution in [3.8, 4) is 0 Å². The second-order valence-corrected chi connectivity index (χ2v) is 9.16. The van der Waals surface area contributed by atoms with Crippen LogP contribution in [0.3, 0.4) is 0 Å². The molecule has 2 heterocycles. The van der Waals surface area contributed by atoms with E-state index in [9.17, 15) is 18.0 Å². The van der Waals surface area contributed by atoms with E-state index in [-0.39, 0.29) is 28.4 Å². The number of hydrogen-bond acceptors (Lipinski definition) is 7. The van der Waals surface area contributed by atoms with Crippen LogP contribution in [0.1, 0.15) is 11.3 Å². The number of esters is 1. The molecule has 0 aliphatic rings. The SMILES string of the molecule is COC(=O)Cn1cc(C)c(Cn2ncc3cc(S(=O)(=O)c4ccccc4)ccc3c2=O)n1. The van der Waals surface area contributed by atoms with E-state index < -0.39 is 15.8 Å². The molecule has 0 fully saturated rings. The summed E-state index contributed by atoms with van der Waals surface area (Å²) < 4.78 is 33.1. The third kappa shape index (κ3) is 4.04. The molecule has 0 unspecified atom stereocenters. The fourth-order valence-corrected chi connectivity index (χ4v) is 4.64. The van der Waals surface area contributed by atoms with Gasteiger partial charge in [0, 0.05) is 11.6 Å². The van der Waals surface area contributed by atoms with Gasteiger partial charge in [-0.2, -0.15) is 10.2 Å². The Kier molecular flexibility index (Phi) is 5.62. The molecular weight excluding hydrogens is 432 g/mol. The summed E-state index contributed by atoms with van der Waals surface area (Å²) in [6.45, 7) is 1.90. The molecule has 164 valence electrons. The molecular formula is C22H20N4O5S. The van der Waals surface area contributed by atoms with Gasteiger partial charge in [-0.05, 0) is 42.8 Å². The van der Waals surface area contributed by atoms with Gasteiger partial charge >= 0.3 is 5.97 Å². The number of ether oxygens (including phenoxy) is 1. The maximum absolute atomic E-state index is 12.9. The molecule has 0 atom stereocenters. The summed E-state index contributed by atoms with van der Waals surface area (Å²) in [5.41, 5.74) is 1.02. The molecule has 10 heteroatoms. The van der Waals surface area contributed by atoms with Crippen molar-refractivity contribution < 1.29 is 17.9 Å². The zero-order valence-electron chi connectivity index (χ0n) is 17.4. The maximum atomic E-state index is 12.9. The van der Waals surface area contributed by atoms with Crippen LogP contribution in [0.2, 0.25) is 0 Å². The van der Waals surface area contributed by atoms with Crippen LogP contribution in [-0.4, -0.2) is 41.1 Å². The molecule has 0 amide bonds. The van der Waals surface area contributed by atoms with Gasteiger partial charge in [0.15, 0.2) is 0 Å². The summed E-state index contributed by atoms with van der Waals surface area (Å²) in [6.07, 6.45) is 3.15. The average molecular weight is 452 g/mol. The second-order valence-electron chi connectivity index (χ2n) is 7.21. The number of hydrogen-bond donors (Lipinski definition) is 0. The first-order valence-electron chi connectivity index (χ1n) is 9.69. The number of aromatic nitrogens is 4. The van der Waals surface area contributed by atoms with Crippen molar-refractivity contribution in [1.82, 2.24) is 19.6 Å². The van der Waals surface area contributed by atoms with E-state index >= 15 is 0 Å². The van der Waals surface area contributed by atoms with E-state index in [0.29, 0.717) is 16.5 Å². The van der Waals surface area contributed by atoms with Crippen molar-refractivity contribution >= 4 is 26.6 Å². The van der Waals surface area contributed by atoms with Crippen molar-refractivity contribution in [2.24, 2.45) is 0 Å². The molecule has 0 aliphatic heterocycles. The van der Waals surface area contributed by atoms with Crippen molar-refractivity contribution in [3.63, 3.8) is 0 Å². The van der Waals surface area contributed by atoms with E-state index in [1.54, 1.807) is 24.4 Å². The topological polar surface area (TPSA) is 113 Å². The van der Waals surface area contributed by atoms with Crippen LogP contribution >= 0.6 is 0 Å². The van der Waals surface area contributed by atoms with Gasteiger partial charge in [-0.15, -0.1) is 0 Å². The average Bonchev–Trinajstić information content (AvgIpc) is 3.14. The Balaban J connectivity index is 1.67. The lowest BCUT2D eigenvalue weighted by Gasteiger charge is -2.08. The summed E-state index contributed by atoms with van der Waals surface area (Å²) in [5, 5.41) is 9.30. The van der Waals surface area contributed by atoms with Crippen LogP contribution in [0, 0.1) is 6.92 Å². The molecule has 0 radical (unpaired) electrons. The van der Waals surface area contributed by atoms with Gasteiger partial charge < -0.3 is 4.74 Å². The van der Waals surface area contributed by atoms with Gasteiger partial charge in [0.2, 0.25) is 9.84 Å². The highest BCUT2D eigenvalue weighted by Gasteiger charge is 2.19. The second kappa shape index (κ2) is 8.39. The van der Waals surface area contributed by atoms with Gasteiger partial charge in [0.1, 0.15) is 6.54 Å². The fraction of sp³-hybridized carbons (Fsp3) is 0.182. The minimum Gasteiger partial charge on any atom is -0.468 e. The molecule has 9 nitrogen and oxygen atoms in total. The Hall–Kier alpha value is -3.79. The van der Waals surface area contributed by atoms with E-state index in [1.807, 2.05) is 6.92 Å². The van der Waals surface area contributed by atoms with Gasteiger partial charge in [-0.1, -0.05) is 18.2 Å². The summed E-state index contributed by atoms with van der Waals surface area (Å²) in [7, 11) is -2.40. The van der Waals surface area contributed by atoms with Crippen LogP contribution < -0.4 is 5.56 Å². The lowest BCUT2D eigenvalue weighted by molar-refractivity contribution is -0.141. The molecule has 0 N–H and O–H groups in total. The first-order chi connectivity index (χ1) is 15.3. The molecule has 2 aromatic heterocycles. The number of aryl methyl sites for hydroxylation is 1. The minimum atomic E-state index is -3.70. The quantitative estimate of drug-likeness (QED) is 0.411. The van der Waals surface area contributed by atoms with Crippen LogP contribution in [-0.2, 0) is 32.5 Å². The lowest BCUT2D eigenvalue weighted by Crippen LogP contribution is -2.24. The zero-order chi connectivity index (χ0) is 22.9. The van der Waals surface area contributed by atoms with Crippen LogP contribution in [0.4, 0.5) is 0 Å². The zero-order valence-corrected chi connectivity index (χ0v) is 18.2. The Labute approximate surface area is 183 Å². The Morgan fingerprint density at radius 2 is 1.84 bits per heavy atom. The van der Waals surface area contributed by atoms with Crippen LogP contribution in [0.15, 0.2) is 75.5 Å². The summed E-state index contributed by atoms with van der Waals surface area (Å²) >= 11 is 0. The standard InChI is InChI=1S/C22H20N4O5S/c1-15-12-25(14-21(27)31-2)24-20(15)13-26-22(28)19-9-8-18(10-16(19)11-23-26)32(29,30)17-6-4-3-5-7-17/h3-12H,13-14H2,1-2H3. The number of rotatable bonds is 6. The summed E-state index contributed by atoms with van der Waals surface area (Å²) in [5.74, 6) is -0.429. The molecule has 0 aliphatic carbocycles. The minimum absolute atomic E-state index is 0.0317. The highest BCUT2D eigenvalue weighted by molar-refractivity contribution is 7.91. The largest absolute Gasteiger partial charge is 0.468 e. The Morgan fingerprint density at radius 1 is 1.09 bits per heavy atom. The van der Waals surface area contributed by atoms with Crippen molar-refractivity contribution in [3.05, 3.63) is 82.5 Å². The molecule has 0 saturated heterocycles. The predicted octanol–water partition coefficient (Wildman–Crippen LogP) is 1.96. The first kappa shape index (κ1) is 21.4. The van der Waals surface area contributed by atoms with Gasteiger partial charge in [0.05, 0.1) is 40.7 Å². The molecule has 2 aromatic carbocycles. The number of benzene rings is 2. The summed E-state index contributed by atoms with van der Waals surface area (Å²) in [6, 6.07) is 12.5. The lowest BCUT2D eigenvalue weighted by atomic mass is 10.2. The van der Waals surface area contributed by atoms with E-state index in [2.05, 4.69) is 14.9 Å². The van der Waals surface area contributed by atoms with Gasteiger partial charge in [-0.25, -0.2) is 13.1 Å². The predicted molar refractivity (Wildman–Crippen MR) is 116 cm³/mol. The van der Waals surface area contributed by atoms with Gasteiger partial charge in [-0.3, -0.25) is 14.3 Å².